The summed E-state index contributed by atoms with van der Waals surface area (Å²) in [5.41, 5.74) is 0.858. The first kappa shape index (κ1) is 13.9. The molecule has 5 nitrogen and oxygen atoms in total. The van der Waals surface area contributed by atoms with E-state index in [9.17, 15) is 0 Å². The average Bonchev–Trinajstić information content (AvgIpc) is 2.88. The lowest BCUT2D eigenvalue weighted by atomic mass is 10.2. The van der Waals surface area contributed by atoms with Crippen molar-refractivity contribution in [3.63, 3.8) is 0 Å². The van der Waals surface area contributed by atoms with Crippen molar-refractivity contribution in [1.82, 2.24) is 20.5 Å². The quantitative estimate of drug-likeness (QED) is 0.868. The molecule has 2 aromatic rings. The van der Waals surface area contributed by atoms with Crippen LogP contribution in [0.1, 0.15) is 6.92 Å². The third kappa shape index (κ3) is 2.82. The van der Waals surface area contributed by atoms with Crippen LogP contribution < -0.4 is 10.2 Å². The number of halogens is 2. The zero-order chi connectivity index (χ0) is 14.1. The first-order valence-corrected chi connectivity index (χ1v) is 7.67. The number of nitrogens with zero attached hydrogens (tertiary/aromatic N) is 3. The van der Waals surface area contributed by atoms with Crippen molar-refractivity contribution >= 4 is 33.5 Å². The molecule has 0 saturated carbocycles. The van der Waals surface area contributed by atoms with Gasteiger partial charge in [-0.2, -0.15) is 4.98 Å². The van der Waals surface area contributed by atoms with E-state index >= 15 is 0 Å². The molecule has 1 aliphatic heterocycles. The summed E-state index contributed by atoms with van der Waals surface area (Å²) in [5.74, 6) is 1.43. The summed E-state index contributed by atoms with van der Waals surface area (Å²) in [6.45, 7) is 4.93. The number of piperazine rings is 1. The standard InChI is InChI=1S/C13H15BrClN5/c1-8-7-20(5-4-16-8)13-17-12(18-19-13)10-3-2-9(14)6-11(10)15/h2-3,6,8,16H,4-5,7H2,1H3,(H,17,18,19)/t8-/m1/s1. The highest BCUT2D eigenvalue weighted by Gasteiger charge is 2.20. The molecule has 3 rings (SSSR count). The van der Waals surface area contributed by atoms with Crippen molar-refractivity contribution in [2.24, 2.45) is 0 Å². The van der Waals surface area contributed by atoms with E-state index < -0.39 is 0 Å². The Morgan fingerprint density at radius 2 is 2.30 bits per heavy atom. The fraction of sp³-hybridized carbons (Fsp3) is 0.385. The second-order valence-corrected chi connectivity index (χ2v) is 6.23. The van der Waals surface area contributed by atoms with Gasteiger partial charge >= 0.3 is 0 Å². The molecule has 2 N–H and O–H groups in total. The minimum absolute atomic E-state index is 0.446. The van der Waals surface area contributed by atoms with Gasteiger partial charge in [0.25, 0.3) is 0 Å². The number of hydrogen-bond acceptors (Lipinski definition) is 4. The lowest BCUT2D eigenvalue weighted by Gasteiger charge is -2.30. The lowest BCUT2D eigenvalue weighted by molar-refractivity contribution is 0.480. The number of nitrogens with one attached hydrogen (secondary N) is 2. The Labute approximate surface area is 130 Å². The molecule has 0 bridgehead atoms. The van der Waals surface area contributed by atoms with Crippen molar-refractivity contribution in [3.05, 3.63) is 27.7 Å². The molecule has 0 radical (unpaired) electrons. The third-order valence-electron chi connectivity index (χ3n) is 3.31. The molecule has 7 heteroatoms. The number of anilines is 1. The van der Waals surface area contributed by atoms with Gasteiger partial charge in [0.1, 0.15) is 0 Å². The SMILES string of the molecule is C[C@@H]1CN(c2n[nH]c(-c3ccc(Br)cc3Cl)n2)CCN1. The van der Waals surface area contributed by atoms with Crippen LogP contribution in [-0.2, 0) is 0 Å². The molecule has 0 spiro atoms. The molecule has 1 atom stereocenters. The predicted octanol–water partition coefficient (Wildman–Crippen LogP) is 2.69. The first-order chi connectivity index (χ1) is 9.63. The Kier molecular flexibility index (Phi) is 3.96. The molecule has 0 aliphatic carbocycles. The second kappa shape index (κ2) is 5.71. The molecule has 1 fully saturated rings. The van der Waals surface area contributed by atoms with Gasteiger partial charge in [0.2, 0.25) is 5.95 Å². The summed E-state index contributed by atoms with van der Waals surface area (Å²) in [7, 11) is 0. The summed E-state index contributed by atoms with van der Waals surface area (Å²) in [4.78, 5) is 6.74. The van der Waals surface area contributed by atoms with Gasteiger partial charge < -0.3 is 10.2 Å². The molecule has 2 heterocycles. The highest BCUT2D eigenvalue weighted by molar-refractivity contribution is 9.10. The minimum atomic E-state index is 0.446. The van der Waals surface area contributed by atoms with E-state index in [0.29, 0.717) is 16.9 Å². The van der Waals surface area contributed by atoms with Gasteiger partial charge in [0.05, 0.1) is 5.02 Å². The number of hydrogen-bond donors (Lipinski definition) is 2. The van der Waals surface area contributed by atoms with E-state index in [1.54, 1.807) is 0 Å². The van der Waals surface area contributed by atoms with Crippen LogP contribution in [0.15, 0.2) is 22.7 Å². The van der Waals surface area contributed by atoms with Crippen LogP contribution >= 0.6 is 27.5 Å². The van der Waals surface area contributed by atoms with Crippen molar-refractivity contribution < 1.29 is 0 Å². The molecule has 0 amide bonds. The molecular formula is C13H15BrClN5. The normalized spacial score (nSPS) is 19.4. The van der Waals surface area contributed by atoms with Crippen molar-refractivity contribution in [1.29, 1.82) is 0 Å². The van der Waals surface area contributed by atoms with E-state index in [1.165, 1.54) is 0 Å². The minimum Gasteiger partial charge on any atom is -0.337 e. The van der Waals surface area contributed by atoms with E-state index in [1.807, 2.05) is 18.2 Å². The number of benzene rings is 1. The zero-order valence-corrected chi connectivity index (χ0v) is 13.4. The van der Waals surface area contributed by atoms with Crippen molar-refractivity contribution in [2.75, 3.05) is 24.5 Å². The third-order valence-corrected chi connectivity index (χ3v) is 4.12. The largest absolute Gasteiger partial charge is 0.337 e. The Morgan fingerprint density at radius 3 is 3.05 bits per heavy atom. The van der Waals surface area contributed by atoms with E-state index in [2.05, 4.69) is 48.3 Å². The smallest absolute Gasteiger partial charge is 0.245 e. The van der Waals surface area contributed by atoms with Gasteiger partial charge in [-0.25, -0.2) is 0 Å². The van der Waals surface area contributed by atoms with Crippen LogP contribution in [0.3, 0.4) is 0 Å². The van der Waals surface area contributed by atoms with Gasteiger partial charge in [-0.05, 0) is 25.1 Å². The summed E-state index contributed by atoms with van der Waals surface area (Å²) < 4.78 is 0.946. The maximum atomic E-state index is 6.24. The Morgan fingerprint density at radius 1 is 1.45 bits per heavy atom. The Balaban J connectivity index is 1.86. The fourth-order valence-electron chi connectivity index (χ4n) is 2.31. The summed E-state index contributed by atoms with van der Waals surface area (Å²) in [5, 5.41) is 11.3. The Bertz CT molecular complexity index is 615. The number of H-pyrrole nitrogens is 1. The molecule has 1 aliphatic rings. The Hall–Kier alpha value is -1.11. The van der Waals surface area contributed by atoms with E-state index in [-0.39, 0.29) is 0 Å². The van der Waals surface area contributed by atoms with E-state index in [0.717, 1.165) is 35.6 Å². The summed E-state index contributed by atoms with van der Waals surface area (Å²) in [6, 6.07) is 6.17. The number of aromatic nitrogens is 3. The molecule has 1 aromatic heterocycles. The average molecular weight is 357 g/mol. The number of rotatable bonds is 2. The second-order valence-electron chi connectivity index (χ2n) is 4.91. The first-order valence-electron chi connectivity index (χ1n) is 6.49. The predicted molar refractivity (Wildman–Crippen MR) is 84.2 cm³/mol. The molecule has 20 heavy (non-hydrogen) atoms. The lowest BCUT2D eigenvalue weighted by Crippen LogP contribution is -2.49. The van der Waals surface area contributed by atoms with Gasteiger partial charge in [0.15, 0.2) is 5.82 Å². The summed E-state index contributed by atoms with van der Waals surface area (Å²) in [6.07, 6.45) is 0. The van der Waals surface area contributed by atoms with Gasteiger partial charge in [-0.15, -0.1) is 5.10 Å². The molecular weight excluding hydrogens is 342 g/mol. The van der Waals surface area contributed by atoms with Crippen LogP contribution in [-0.4, -0.2) is 40.9 Å². The van der Waals surface area contributed by atoms with Gasteiger partial charge in [-0.3, -0.25) is 5.10 Å². The maximum absolute atomic E-state index is 6.24. The van der Waals surface area contributed by atoms with E-state index in [4.69, 9.17) is 11.6 Å². The zero-order valence-electron chi connectivity index (χ0n) is 11.0. The molecule has 1 aromatic carbocycles. The van der Waals surface area contributed by atoms with Crippen LogP contribution in [0, 0.1) is 0 Å². The summed E-state index contributed by atoms with van der Waals surface area (Å²) >= 11 is 9.64. The van der Waals surface area contributed by atoms with Gasteiger partial charge in [0, 0.05) is 35.7 Å². The number of aromatic amines is 1. The topological polar surface area (TPSA) is 56.8 Å². The van der Waals surface area contributed by atoms with Crippen molar-refractivity contribution in [3.8, 4) is 11.4 Å². The fourth-order valence-corrected chi connectivity index (χ4v) is 3.07. The van der Waals surface area contributed by atoms with Crippen LogP contribution in [0.2, 0.25) is 5.02 Å². The molecule has 106 valence electrons. The molecule has 1 saturated heterocycles. The van der Waals surface area contributed by atoms with Crippen molar-refractivity contribution in [2.45, 2.75) is 13.0 Å². The van der Waals surface area contributed by atoms with Crippen LogP contribution in [0.5, 0.6) is 0 Å². The molecule has 0 unspecified atom stereocenters. The van der Waals surface area contributed by atoms with Gasteiger partial charge in [-0.1, -0.05) is 27.5 Å². The monoisotopic (exact) mass is 355 g/mol. The van der Waals surface area contributed by atoms with Crippen LogP contribution in [0.25, 0.3) is 11.4 Å². The van der Waals surface area contributed by atoms with Crippen LogP contribution in [0.4, 0.5) is 5.95 Å². The highest BCUT2D eigenvalue weighted by Crippen LogP contribution is 2.29. The maximum Gasteiger partial charge on any atom is 0.245 e. The highest BCUT2D eigenvalue weighted by atomic mass is 79.9.